The number of carboxylic acids is 1. The van der Waals surface area contributed by atoms with Crippen LogP contribution < -0.4 is 0 Å². The number of nitrogens with zero attached hydrogens (tertiary/aromatic N) is 2. The van der Waals surface area contributed by atoms with Gasteiger partial charge in [-0.2, -0.15) is 5.10 Å². The summed E-state index contributed by atoms with van der Waals surface area (Å²) < 4.78 is 14.8. The third-order valence-corrected chi connectivity index (χ3v) is 4.06. The highest BCUT2D eigenvalue weighted by atomic mass is 19.1. The molecule has 1 aromatic carbocycles. The number of aromatic carboxylic acids is 1. The Labute approximate surface area is 116 Å². The van der Waals surface area contributed by atoms with Crippen LogP contribution in [0.15, 0.2) is 18.2 Å². The Morgan fingerprint density at radius 3 is 2.80 bits per heavy atom. The van der Waals surface area contributed by atoms with Crippen molar-refractivity contribution in [1.82, 2.24) is 9.78 Å². The molecule has 106 valence electrons. The van der Waals surface area contributed by atoms with E-state index in [9.17, 15) is 14.3 Å². The van der Waals surface area contributed by atoms with Crippen LogP contribution in [0.2, 0.25) is 0 Å². The lowest BCUT2D eigenvalue weighted by Gasteiger charge is -2.21. The molecule has 0 unspecified atom stereocenters. The predicted octanol–water partition coefficient (Wildman–Crippen LogP) is 3.45. The number of hydrogen-bond acceptors (Lipinski definition) is 2. The first-order valence-electron chi connectivity index (χ1n) is 7.04. The van der Waals surface area contributed by atoms with Crippen molar-refractivity contribution in [2.24, 2.45) is 5.92 Å². The van der Waals surface area contributed by atoms with E-state index in [1.807, 2.05) is 0 Å². The van der Waals surface area contributed by atoms with Crippen LogP contribution in [-0.2, 0) is 6.54 Å². The number of carbonyl (C=O) groups is 1. The quantitative estimate of drug-likeness (QED) is 0.934. The molecular weight excluding hydrogens is 259 g/mol. The van der Waals surface area contributed by atoms with Gasteiger partial charge in [-0.25, -0.2) is 9.18 Å². The summed E-state index contributed by atoms with van der Waals surface area (Å²) in [7, 11) is 0. The largest absolute Gasteiger partial charge is 0.477 e. The first-order chi connectivity index (χ1) is 9.65. The van der Waals surface area contributed by atoms with E-state index in [1.54, 1.807) is 4.68 Å². The van der Waals surface area contributed by atoms with Crippen molar-refractivity contribution in [3.63, 3.8) is 0 Å². The molecular formula is C15H17FN2O2. The number of fused-ring (bicyclic) bond motifs is 1. The van der Waals surface area contributed by atoms with Crippen molar-refractivity contribution >= 4 is 16.9 Å². The van der Waals surface area contributed by atoms with Gasteiger partial charge in [-0.05, 0) is 30.9 Å². The number of aromatic nitrogens is 2. The first kappa shape index (κ1) is 13.1. The number of halogens is 1. The molecule has 0 spiro atoms. The highest BCUT2D eigenvalue weighted by Crippen LogP contribution is 2.27. The highest BCUT2D eigenvalue weighted by Gasteiger charge is 2.21. The standard InChI is InChI=1S/C15H17FN2O2/c16-11-6-7-12-13(8-11)17-18(14(12)15(19)20)9-10-4-2-1-3-5-10/h6-8,10H,1-5,9H2,(H,19,20). The summed E-state index contributed by atoms with van der Waals surface area (Å²) in [5, 5.41) is 14.2. The molecule has 1 aliphatic carbocycles. The fraction of sp³-hybridized carbons (Fsp3) is 0.467. The Bertz CT molecular complexity index is 645. The molecule has 20 heavy (non-hydrogen) atoms. The van der Waals surface area contributed by atoms with Crippen LogP contribution in [0, 0.1) is 11.7 Å². The van der Waals surface area contributed by atoms with E-state index >= 15 is 0 Å². The molecule has 0 radical (unpaired) electrons. The van der Waals surface area contributed by atoms with E-state index in [0.29, 0.717) is 23.4 Å². The minimum Gasteiger partial charge on any atom is -0.477 e. The first-order valence-corrected chi connectivity index (χ1v) is 7.04. The van der Waals surface area contributed by atoms with Crippen LogP contribution in [0.4, 0.5) is 4.39 Å². The fourth-order valence-electron chi connectivity index (χ4n) is 3.08. The maximum absolute atomic E-state index is 13.2. The van der Waals surface area contributed by atoms with Gasteiger partial charge in [-0.1, -0.05) is 19.3 Å². The summed E-state index contributed by atoms with van der Waals surface area (Å²) in [5.41, 5.74) is 0.587. The lowest BCUT2D eigenvalue weighted by atomic mass is 9.89. The number of hydrogen-bond donors (Lipinski definition) is 1. The predicted molar refractivity (Wildman–Crippen MR) is 73.2 cm³/mol. The van der Waals surface area contributed by atoms with Crippen LogP contribution in [0.3, 0.4) is 0 Å². The molecule has 0 amide bonds. The van der Waals surface area contributed by atoms with Crippen LogP contribution in [0.25, 0.3) is 10.9 Å². The normalized spacial score (nSPS) is 16.6. The zero-order chi connectivity index (χ0) is 14.1. The molecule has 1 heterocycles. The van der Waals surface area contributed by atoms with Crippen molar-refractivity contribution < 1.29 is 14.3 Å². The Morgan fingerprint density at radius 1 is 1.35 bits per heavy atom. The second kappa shape index (κ2) is 5.23. The monoisotopic (exact) mass is 276 g/mol. The average Bonchev–Trinajstić information content (AvgIpc) is 2.76. The Morgan fingerprint density at radius 2 is 2.10 bits per heavy atom. The van der Waals surface area contributed by atoms with Gasteiger partial charge in [0, 0.05) is 18.0 Å². The third kappa shape index (κ3) is 2.40. The summed E-state index contributed by atoms with van der Waals surface area (Å²) in [6.45, 7) is 0.609. The highest BCUT2D eigenvalue weighted by molar-refractivity contribution is 6.01. The molecule has 5 heteroatoms. The SMILES string of the molecule is O=C(O)c1c2ccc(F)cc2nn1CC1CCCCC1. The molecule has 1 aromatic heterocycles. The molecule has 3 rings (SSSR count). The lowest BCUT2D eigenvalue weighted by Crippen LogP contribution is -2.18. The molecule has 2 aromatic rings. The second-order valence-electron chi connectivity index (χ2n) is 5.50. The van der Waals surface area contributed by atoms with Crippen LogP contribution in [-0.4, -0.2) is 20.9 Å². The van der Waals surface area contributed by atoms with Crippen molar-refractivity contribution in [3.8, 4) is 0 Å². The molecule has 4 nitrogen and oxygen atoms in total. The average molecular weight is 276 g/mol. The summed E-state index contributed by atoms with van der Waals surface area (Å²) in [6, 6.07) is 4.07. The van der Waals surface area contributed by atoms with Gasteiger partial charge >= 0.3 is 5.97 Å². The lowest BCUT2D eigenvalue weighted by molar-refractivity contribution is 0.0683. The molecule has 0 aliphatic heterocycles. The van der Waals surface area contributed by atoms with Crippen LogP contribution in [0.1, 0.15) is 42.6 Å². The number of rotatable bonds is 3. The minimum absolute atomic E-state index is 0.172. The molecule has 0 bridgehead atoms. The van der Waals surface area contributed by atoms with Gasteiger partial charge < -0.3 is 5.11 Å². The molecule has 1 aliphatic rings. The summed E-state index contributed by atoms with van der Waals surface area (Å²) in [4.78, 5) is 11.5. The van der Waals surface area contributed by atoms with Crippen LogP contribution in [0.5, 0.6) is 0 Å². The molecule has 1 saturated carbocycles. The smallest absolute Gasteiger partial charge is 0.354 e. The van der Waals surface area contributed by atoms with Crippen molar-refractivity contribution in [2.45, 2.75) is 38.6 Å². The van der Waals surface area contributed by atoms with E-state index in [2.05, 4.69) is 5.10 Å². The molecule has 0 atom stereocenters. The van der Waals surface area contributed by atoms with Gasteiger partial charge in [0.05, 0.1) is 5.52 Å². The summed E-state index contributed by atoms with van der Waals surface area (Å²) >= 11 is 0. The van der Waals surface area contributed by atoms with Gasteiger partial charge in [0.1, 0.15) is 5.82 Å². The summed E-state index contributed by atoms with van der Waals surface area (Å²) in [6.07, 6.45) is 5.88. The Hall–Kier alpha value is -1.91. The van der Waals surface area contributed by atoms with Gasteiger partial charge in [0.25, 0.3) is 0 Å². The maximum atomic E-state index is 13.2. The zero-order valence-electron chi connectivity index (χ0n) is 11.2. The molecule has 1 N–H and O–H groups in total. The van der Waals surface area contributed by atoms with Crippen LogP contribution >= 0.6 is 0 Å². The van der Waals surface area contributed by atoms with E-state index < -0.39 is 11.8 Å². The van der Waals surface area contributed by atoms with Gasteiger partial charge in [-0.15, -0.1) is 0 Å². The maximum Gasteiger partial charge on any atom is 0.354 e. The summed E-state index contributed by atoms with van der Waals surface area (Å²) in [5.74, 6) is -0.923. The fourth-order valence-corrected chi connectivity index (χ4v) is 3.08. The zero-order valence-corrected chi connectivity index (χ0v) is 11.2. The van der Waals surface area contributed by atoms with E-state index in [0.717, 1.165) is 12.8 Å². The Kier molecular flexibility index (Phi) is 3.42. The van der Waals surface area contributed by atoms with E-state index in [4.69, 9.17) is 0 Å². The third-order valence-electron chi connectivity index (χ3n) is 4.06. The molecule has 0 saturated heterocycles. The second-order valence-corrected chi connectivity index (χ2v) is 5.50. The van der Waals surface area contributed by atoms with Crippen molar-refractivity contribution in [2.75, 3.05) is 0 Å². The van der Waals surface area contributed by atoms with Crippen molar-refractivity contribution in [1.29, 1.82) is 0 Å². The number of benzene rings is 1. The minimum atomic E-state index is -1.00. The van der Waals surface area contributed by atoms with Gasteiger partial charge in [0.2, 0.25) is 0 Å². The van der Waals surface area contributed by atoms with Crippen molar-refractivity contribution in [3.05, 3.63) is 29.7 Å². The number of carboxylic acid groups (broad SMARTS) is 1. The van der Waals surface area contributed by atoms with Gasteiger partial charge in [-0.3, -0.25) is 4.68 Å². The van der Waals surface area contributed by atoms with Gasteiger partial charge in [0.15, 0.2) is 5.69 Å². The Balaban J connectivity index is 2.00. The molecule has 1 fully saturated rings. The van der Waals surface area contributed by atoms with E-state index in [1.165, 1.54) is 37.5 Å². The topological polar surface area (TPSA) is 55.1 Å². The van der Waals surface area contributed by atoms with E-state index in [-0.39, 0.29) is 5.69 Å².